The molecule has 1 aromatic carbocycles. The first-order valence-corrected chi connectivity index (χ1v) is 13.8. The van der Waals surface area contributed by atoms with E-state index in [1.54, 1.807) is 0 Å². The van der Waals surface area contributed by atoms with Crippen LogP contribution < -0.4 is 15.0 Å². The lowest BCUT2D eigenvalue weighted by Crippen LogP contribution is -2.29. The Hall–Kier alpha value is -3.71. The fourth-order valence-electron chi connectivity index (χ4n) is 5.96. The zero-order valence-corrected chi connectivity index (χ0v) is 22.9. The van der Waals surface area contributed by atoms with E-state index in [1.165, 1.54) is 18.4 Å². The van der Waals surface area contributed by atoms with Crippen LogP contribution in [0.25, 0.3) is 5.82 Å². The van der Waals surface area contributed by atoms with Crippen molar-refractivity contribution in [3.05, 3.63) is 101 Å². The maximum atomic E-state index is 6.23. The molecule has 0 amide bonds. The first-order valence-electron chi connectivity index (χ1n) is 13.4. The second-order valence-electron chi connectivity index (χ2n) is 10.3. The Bertz CT molecular complexity index is 1440. The van der Waals surface area contributed by atoms with Crippen LogP contribution in [-0.4, -0.2) is 25.8 Å². The second-order valence-corrected chi connectivity index (χ2v) is 10.7. The standard InChI is InChI=1S/C31H33N5OS/c1-20-9-8-18-33-30(20)35-21(2)19-26(22(35)3)29-28(27-12-6-7-17-32-27)34-31(38)36(29)23-13-15-25(16-14-23)37-24-10-4-5-11-24/h6-9,12-19,24,28-29H,4-5,10-11H2,1-3H3,(H,34,38)/t28-,29+/m1/s1. The van der Waals surface area contributed by atoms with Gasteiger partial charge in [0, 0.05) is 29.5 Å². The highest BCUT2D eigenvalue weighted by Crippen LogP contribution is 2.44. The molecular weight excluding hydrogens is 490 g/mol. The highest BCUT2D eigenvalue weighted by atomic mass is 32.1. The van der Waals surface area contributed by atoms with Crippen molar-refractivity contribution in [2.24, 2.45) is 0 Å². The number of benzene rings is 1. The van der Waals surface area contributed by atoms with Crippen molar-refractivity contribution < 1.29 is 4.74 Å². The van der Waals surface area contributed by atoms with E-state index in [9.17, 15) is 0 Å². The van der Waals surface area contributed by atoms with Gasteiger partial charge in [0.15, 0.2) is 5.11 Å². The zero-order valence-electron chi connectivity index (χ0n) is 22.1. The lowest BCUT2D eigenvalue weighted by molar-refractivity contribution is 0.210. The summed E-state index contributed by atoms with van der Waals surface area (Å²) in [5.41, 5.74) is 6.61. The number of aromatic nitrogens is 3. The van der Waals surface area contributed by atoms with E-state index in [0.717, 1.165) is 52.7 Å². The highest BCUT2D eigenvalue weighted by Gasteiger charge is 2.42. The summed E-state index contributed by atoms with van der Waals surface area (Å²) in [5, 5.41) is 4.28. The normalized spacial score (nSPS) is 19.7. The lowest BCUT2D eigenvalue weighted by atomic mass is 9.96. The minimum atomic E-state index is -0.100. The summed E-state index contributed by atoms with van der Waals surface area (Å²) in [7, 11) is 0. The molecule has 0 radical (unpaired) electrons. The van der Waals surface area contributed by atoms with Gasteiger partial charge in [-0.15, -0.1) is 0 Å². The van der Waals surface area contributed by atoms with E-state index in [-0.39, 0.29) is 12.1 Å². The number of aryl methyl sites for hydroxylation is 2. The van der Waals surface area contributed by atoms with Gasteiger partial charge in [0.2, 0.25) is 0 Å². The molecule has 2 aliphatic rings. The molecule has 1 aliphatic carbocycles. The molecule has 7 heteroatoms. The first-order chi connectivity index (χ1) is 18.5. The van der Waals surface area contributed by atoms with E-state index in [4.69, 9.17) is 26.9 Å². The van der Waals surface area contributed by atoms with Gasteiger partial charge in [0.25, 0.3) is 0 Å². The monoisotopic (exact) mass is 523 g/mol. The molecular formula is C31H33N5OS. The molecule has 0 unspecified atom stereocenters. The summed E-state index contributed by atoms with van der Waals surface area (Å²) >= 11 is 5.96. The predicted molar refractivity (Wildman–Crippen MR) is 155 cm³/mol. The molecule has 2 atom stereocenters. The molecule has 0 bridgehead atoms. The minimum absolute atomic E-state index is 0.0806. The molecule has 1 aliphatic heterocycles. The van der Waals surface area contributed by atoms with Crippen LogP contribution in [0, 0.1) is 20.8 Å². The number of hydrogen-bond acceptors (Lipinski definition) is 4. The molecule has 38 heavy (non-hydrogen) atoms. The van der Waals surface area contributed by atoms with Crippen LogP contribution in [0.15, 0.2) is 73.1 Å². The molecule has 2 fully saturated rings. The fraction of sp³-hybridized carbons (Fsp3) is 0.323. The van der Waals surface area contributed by atoms with E-state index in [2.05, 4.69) is 78.0 Å². The van der Waals surface area contributed by atoms with Gasteiger partial charge >= 0.3 is 0 Å². The van der Waals surface area contributed by atoms with Crippen molar-refractivity contribution in [3.63, 3.8) is 0 Å². The van der Waals surface area contributed by atoms with Gasteiger partial charge in [-0.2, -0.15) is 0 Å². The minimum Gasteiger partial charge on any atom is -0.490 e. The van der Waals surface area contributed by atoms with E-state index in [0.29, 0.717) is 11.2 Å². The van der Waals surface area contributed by atoms with Crippen molar-refractivity contribution in [3.8, 4) is 11.6 Å². The molecule has 3 aromatic heterocycles. The van der Waals surface area contributed by atoms with Gasteiger partial charge in [-0.05, 0) is 118 Å². The van der Waals surface area contributed by atoms with Crippen molar-refractivity contribution in [1.29, 1.82) is 0 Å². The average Bonchev–Trinajstić information content (AvgIpc) is 3.63. The summed E-state index contributed by atoms with van der Waals surface area (Å²) in [6.45, 7) is 6.41. The number of pyridine rings is 2. The molecule has 4 heterocycles. The highest BCUT2D eigenvalue weighted by molar-refractivity contribution is 7.80. The number of nitrogens with zero attached hydrogens (tertiary/aromatic N) is 4. The van der Waals surface area contributed by atoms with E-state index >= 15 is 0 Å². The summed E-state index contributed by atoms with van der Waals surface area (Å²) in [4.78, 5) is 11.7. The van der Waals surface area contributed by atoms with Crippen LogP contribution in [0.1, 0.15) is 66.0 Å². The Kier molecular flexibility index (Phi) is 6.62. The number of nitrogens with one attached hydrogen (secondary N) is 1. The Balaban J connectivity index is 1.42. The largest absolute Gasteiger partial charge is 0.490 e. The Morgan fingerprint density at radius 2 is 1.68 bits per heavy atom. The third kappa shape index (κ3) is 4.45. The maximum absolute atomic E-state index is 6.23. The number of ether oxygens (including phenoxy) is 1. The van der Waals surface area contributed by atoms with Crippen LogP contribution in [0.2, 0.25) is 0 Å². The molecule has 4 aromatic rings. The van der Waals surface area contributed by atoms with Crippen molar-refractivity contribution in [2.75, 3.05) is 4.90 Å². The third-order valence-corrected chi connectivity index (χ3v) is 8.12. The molecule has 1 saturated heterocycles. The number of thiocarbonyl (C=S) groups is 1. The molecule has 6 rings (SSSR count). The van der Waals surface area contributed by atoms with Crippen molar-refractivity contribution in [2.45, 2.75) is 64.6 Å². The first kappa shape index (κ1) is 24.6. The molecule has 6 nitrogen and oxygen atoms in total. The topological polar surface area (TPSA) is 55.2 Å². The summed E-state index contributed by atoms with van der Waals surface area (Å²) < 4.78 is 8.48. The summed E-state index contributed by atoms with van der Waals surface area (Å²) in [6.07, 6.45) is 8.81. The van der Waals surface area contributed by atoms with Gasteiger partial charge in [0.05, 0.1) is 23.9 Å². The predicted octanol–water partition coefficient (Wildman–Crippen LogP) is 6.69. The SMILES string of the molecule is Cc1cccnc1-n1c(C)cc([C@H]2[C@@H](c3ccccn3)NC(=S)N2c2ccc(OC3CCCC3)cc2)c1C. The number of anilines is 1. The molecule has 194 valence electrons. The van der Waals surface area contributed by atoms with Gasteiger partial charge in [-0.3, -0.25) is 4.98 Å². The van der Waals surface area contributed by atoms with Gasteiger partial charge < -0.3 is 19.5 Å². The zero-order chi connectivity index (χ0) is 26.2. The summed E-state index contributed by atoms with van der Waals surface area (Å²) in [6, 6.07) is 20.6. The van der Waals surface area contributed by atoms with Crippen molar-refractivity contribution in [1.82, 2.24) is 19.9 Å². The summed E-state index contributed by atoms with van der Waals surface area (Å²) in [5.74, 6) is 1.87. The number of rotatable bonds is 6. The molecule has 1 saturated carbocycles. The maximum Gasteiger partial charge on any atom is 0.174 e. The van der Waals surface area contributed by atoms with Crippen LogP contribution >= 0.6 is 12.2 Å². The smallest absolute Gasteiger partial charge is 0.174 e. The average molecular weight is 524 g/mol. The van der Waals surface area contributed by atoms with Crippen LogP contribution in [0.4, 0.5) is 5.69 Å². The van der Waals surface area contributed by atoms with Gasteiger partial charge in [-0.25, -0.2) is 4.98 Å². The fourth-order valence-corrected chi connectivity index (χ4v) is 6.30. The van der Waals surface area contributed by atoms with Crippen LogP contribution in [0.3, 0.4) is 0 Å². The van der Waals surface area contributed by atoms with E-state index in [1.807, 2.05) is 30.6 Å². The Morgan fingerprint density at radius 3 is 2.39 bits per heavy atom. The van der Waals surface area contributed by atoms with E-state index < -0.39 is 0 Å². The van der Waals surface area contributed by atoms with Gasteiger partial charge in [-0.1, -0.05) is 12.1 Å². The quantitative estimate of drug-likeness (QED) is 0.284. The second kappa shape index (κ2) is 10.2. The molecule has 0 spiro atoms. The lowest BCUT2D eigenvalue weighted by Gasteiger charge is -2.28. The van der Waals surface area contributed by atoms with Crippen LogP contribution in [0.5, 0.6) is 5.75 Å². The van der Waals surface area contributed by atoms with Crippen molar-refractivity contribution >= 4 is 23.0 Å². The Labute approximate surface area is 229 Å². The number of hydrogen-bond donors (Lipinski definition) is 1. The molecule has 1 N–H and O–H groups in total. The third-order valence-electron chi connectivity index (χ3n) is 7.80. The van der Waals surface area contributed by atoms with Gasteiger partial charge in [0.1, 0.15) is 11.6 Å². The Morgan fingerprint density at radius 1 is 0.921 bits per heavy atom. The van der Waals surface area contributed by atoms with Crippen LogP contribution in [-0.2, 0) is 0 Å².